The van der Waals surface area contributed by atoms with Crippen molar-refractivity contribution in [2.24, 2.45) is 5.92 Å². The van der Waals surface area contributed by atoms with E-state index in [1.807, 2.05) is 42.5 Å². The molecule has 5 heteroatoms. The number of ether oxygens (including phenoxy) is 1. The number of carbonyl (C=O) groups is 1. The van der Waals surface area contributed by atoms with Gasteiger partial charge in [-0.25, -0.2) is 0 Å². The monoisotopic (exact) mass is 359 g/mol. The molecule has 4 nitrogen and oxygen atoms in total. The lowest BCUT2D eigenvalue weighted by molar-refractivity contribution is -0.117. The first-order valence-corrected chi connectivity index (χ1v) is 10.1. The Labute approximate surface area is 152 Å². The van der Waals surface area contributed by atoms with E-state index >= 15 is 0 Å². The molecular formula is C20H25NO3S. The highest BCUT2D eigenvalue weighted by atomic mass is 32.2. The molecule has 0 radical (unpaired) electrons. The fourth-order valence-corrected chi connectivity index (χ4v) is 4.48. The number of amides is 1. The van der Waals surface area contributed by atoms with E-state index < -0.39 is 15.9 Å². The van der Waals surface area contributed by atoms with Crippen molar-refractivity contribution in [1.29, 1.82) is 0 Å². The molecule has 2 aromatic carbocycles. The van der Waals surface area contributed by atoms with Crippen molar-refractivity contribution in [2.75, 3.05) is 24.3 Å². The standard InChI is InChI=1S/C20H25NO3S/c1-20(2,25(23)14-15-10-12-24-13-11-15)19(22)21-18-9-5-7-16-6-3-4-8-17(16)18/h3-9,15H,10-14H2,1-2H3,(H,21,22). The first kappa shape index (κ1) is 18.2. The van der Waals surface area contributed by atoms with Gasteiger partial charge in [0, 0.05) is 30.2 Å². The van der Waals surface area contributed by atoms with E-state index in [4.69, 9.17) is 4.74 Å². The van der Waals surface area contributed by atoms with E-state index in [0.29, 0.717) is 11.7 Å². The summed E-state index contributed by atoms with van der Waals surface area (Å²) in [5, 5.41) is 5.05. The number of benzene rings is 2. The van der Waals surface area contributed by atoms with Crippen molar-refractivity contribution < 1.29 is 14.1 Å². The Morgan fingerprint density at radius 3 is 2.64 bits per heavy atom. The van der Waals surface area contributed by atoms with Crippen LogP contribution in [0.1, 0.15) is 26.7 Å². The molecule has 1 heterocycles. The van der Waals surface area contributed by atoms with Gasteiger partial charge in [-0.1, -0.05) is 36.4 Å². The van der Waals surface area contributed by atoms with E-state index in [1.165, 1.54) is 0 Å². The molecule has 1 N–H and O–H groups in total. The van der Waals surface area contributed by atoms with Gasteiger partial charge in [0.05, 0.1) is 0 Å². The second kappa shape index (κ2) is 7.77. The zero-order valence-corrected chi connectivity index (χ0v) is 15.6. The lowest BCUT2D eigenvalue weighted by Crippen LogP contribution is -2.47. The average molecular weight is 359 g/mol. The van der Waals surface area contributed by atoms with Crippen LogP contribution in [-0.4, -0.2) is 34.2 Å². The molecular weight excluding hydrogens is 334 g/mol. The third-order valence-corrected chi connectivity index (χ3v) is 6.98. The third-order valence-electron chi connectivity index (χ3n) is 4.88. The lowest BCUT2D eigenvalue weighted by Gasteiger charge is -2.31. The molecule has 25 heavy (non-hydrogen) atoms. The van der Waals surface area contributed by atoms with Crippen LogP contribution in [0.25, 0.3) is 10.8 Å². The molecule has 0 bridgehead atoms. The van der Waals surface area contributed by atoms with Gasteiger partial charge in [0.25, 0.3) is 5.91 Å². The minimum atomic E-state index is -1.23. The van der Waals surface area contributed by atoms with Gasteiger partial charge in [-0.2, -0.15) is 0 Å². The van der Waals surface area contributed by atoms with Gasteiger partial charge in [0.15, 0.2) is 4.75 Å². The maximum atomic E-state index is 12.8. The Bertz CT molecular complexity index is 735. The summed E-state index contributed by atoms with van der Waals surface area (Å²) in [5.74, 6) is 0.729. The largest absolute Gasteiger partial charge is 0.616 e. The van der Waals surface area contributed by atoms with Crippen LogP contribution in [0.15, 0.2) is 42.5 Å². The van der Waals surface area contributed by atoms with Gasteiger partial charge in [-0.15, -0.1) is 0 Å². The number of nitrogens with one attached hydrogen (secondary N) is 1. The molecule has 1 saturated heterocycles. The zero-order chi connectivity index (χ0) is 17.9. The zero-order valence-electron chi connectivity index (χ0n) is 14.8. The number of anilines is 1. The number of hydrogen-bond donors (Lipinski definition) is 1. The molecule has 2 aromatic rings. The lowest BCUT2D eigenvalue weighted by atomic mass is 10.0. The van der Waals surface area contributed by atoms with Crippen LogP contribution < -0.4 is 5.32 Å². The van der Waals surface area contributed by atoms with Gasteiger partial charge in [-0.05, 0) is 49.3 Å². The van der Waals surface area contributed by atoms with Crippen LogP contribution in [-0.2, 0) is 20.7 Å². The minimum Gasteiger partial charge on any atom is -0.616 e. The molecule has 0 aromatic heterocycles. The van der Waals surface area contributed by atoms with E-state index in [1.54, 1.807) is 13.8 Å². The van der Waals surface area contributed by atoms with Crippen molar-refractivity contribution in [3.05, 3.63) is 42.5 Å². The van der Waals surface area contributed by atoms with Crippen LogP contribution in [0, 0.1) is 5.92 Å². The number of fused-ring (bicyclic) bond motifs is 1. The summed E-state index contributed by atoms with van der Waals surface area (Å²) in [6, 6.07) is 13.7. The topological polar surface area (TPSA) is 61.4 Å². The SMILES string of the molecule is CC(C)(C(=O)Nc1cccc2ccccc12)[S+]([O-])CC1CCOCC1. The highest BCUT2D eigenvalue weighted by Gasteiger charge is 2.41. The molecule has 134 valence electrons. The predicted molar refractivity (Wildman–Crippen MR) is 103 cm³/mol. The summed E-state index contributed by atoms with van der Waals surface area (Å²) < 4.78 is 17.3. The molecule has 0 aliphatic carbocycles. The highest BCUT2D eigenvalue weighted by Crippen LogP contribution is 2.28. The quantitative estimate of drug-likeness (QED) is 0.828. The summed E-state index contributed by atoms with van der Waals surface area (Å²) in [6.45, 7) is 4.99. The van der Waals surface area contributed by atoms with Gasteiger partial charge in [0.2, 0.25) is 0 Å². The molecule has 0 saturated carbocycles. The number of carbonyl (C=O) groups excluding carboxylic acids is 1. The first-order valence-electron chi connectivity index (χ1n) is 8.74. The predicted octanol–water partition coefficient (Wildman–Crippen LogP) is 3.73. The number of hydrogen-bond acceptors (Lipinski definition) is 3. The Morgan fingerprint density at radius 1 is 1.20 bits per heavy atom. The smallest absolute Gasteiger partial charge is 0.279 e. The molecule has 1 fully saturated rings. The number of rotatable bonds is 5. The summed E-state index contributed by atoms with van der Waals surface area (Å²) in [4.78, 5) is 12.8. The van der Waals surface area contributed by atoms with Crippen LogP contribution in [0.4, 0.5) is 5.69 Å². The molecule has 3 rings (SSSR count). The Hall–Kier alpha value is -1.56. The maximum absolute atomic E-state index is 12.8. The van der Waals surface area contributed by atoms with Crippen LogP contribution >= 0.6 is 0 Å². The Kier molecular flexibility index (Phi) is 5.67. The fraction of sp³-hybridized carbons (Fsp3) is 0.450. The Balaban J connectivity index is 1.71. The second-order valence-corrected chi connectivity index (χ2v) is 9.10. The molecule has 1 aliphatic rings. The summed E-state index contributed by atoms with van der Waals surface area (Å²) in [6.07, 6.45) is 1.85. The van der Waals surface area contributed by atoms with Crippen molar-refractivity contribution in [3.8, 4) is 0 Å². The van der Waals surface area contributed by atoms with Gasteiger partial charge in [0.1, 0.15) is 5.75 Å². The van der Waals surface area contributed by atoms with E-state index in [-0.39, 0.29) is 5.91 Å². The maximum Gasteiger partial charge on any atom is 0.279 e. The van der Waals surface area contributed by atoms with Gasteiger partial charge < -0.3 is 14.6 Å². The van der Waals surface area contributed by atoms with Crippen molar-refractivity contribution in [1.82, 2.24) is 0 Å². The van der Waals surface area contributed by atoms with Crippen molar-refractivity contribution in [2.45, 2.75) is 31.4 Å². The molecule has 1 unspecified atom stereocenters. The van der Waals surface area contributed by atoms with Gasteiger partial charge >= 0.3 is 0 Å². The van der Waals surface area contributed by atoms with Crippen LogP contribution in [0.5, 0.6) is 0 Å². The molecule has 0 spiro atoms. The molecule has 1 amide bonds. The van der Waals surface area contributed by atoms with Gasteiger partial charge in [-0.3, -0.25) is 4.79 Å². The summed E-state index contributed by atoms with van der Waals surface area (Å²) >= 11 is -1.23. The van der Waals surface area contributed by atoms with E-state index in [0.717, 1.165) is 42.5 Å². The second-order valence-electron chi connectivity index (χ2n) is 7.06. The van der Waals surface area contributed by atoms with Crippen LogP contribution in [0.3, 0.4) is 0 Å². The summed E-state index contributed by atoms with van der Waals surface area (Å²) in [7, 11) is 0. The normalized spacial score (nSPS) is 17.4. The molecule has 1 aliphatic heterocycles. The Morgan fingerprint density at radius 2 is 1.88 bits per heavy atom. The van der Waals surface area contributed by atoms with Crippen molar-refractivity contribution in [3.63, 3.8) is 0 Å². The highest BCUT2D eigenvalue weighted by molar-refractivity contribution is 7.93. The first-order chi connectivity index (χ1) is 12.0. The minimum absolute atomic E-state index is 0.200. The fourth-order valence-electron chi connectivity index (χ4n) is 3.05. The summed E-state index contributed by atoms with van der Waals surface area (Å²) in [5.41, 5.74) is 0.763. The van der Waals surface area contributed by atoms with Crippen molar-refractivity contribution >= 4 is 33.5 Å². The van der Waals surface area contributed by atoms with Crippen LogP contribution in [0.2, 0.25) is 0 Å². The molecule has 1 atom stereocenters. The average Bonchev–Trinajstić information content (AvgIpc) is 2.62. The van der Waals surface area contributed by atoms with E-state index in [9.17, 15) is 9.35 Å². The van der Waals surface area contributed by atoms with E-state index in [2.05, 4.69) is 5.32 Å². The third kappa shape index (κ3) is 4.17.